The average molecular weight is 357 g/mol. The van der Waals surface area contributed by atoms with Crippen LogP contribution in [-0.2, 0) is 20.7 Å². The molecule has 2 aromatic rings. The molecular weight excluding hydrogens is 334 g/mol. The number of carboxylic acids is 1. The summed E-state index contributed by atoms with van der Waals surface area (Å²) in [6.07, 6.45) is 5.01. The fraction of sp³-hybridized carbons (Fsp3) is 0.421. The molecule has 1 fully saturated rings. The van der Waals surface area contributed by atoms with Crippen molar-refractivity contribution in [2.75, 3.05) is 26.8 Å². The molecule has 1 N–H and O–H groups in total. The van der Waals surface area contributed by atoms with Crippen molar-refractivity contribution >= 4 is 11.9 Å². The van der Waals surface area contributed by atoms with Crippen LogP contribution in [0, 0.1) is 5.41 Å². The molecule has 1 aromatic carbocycles. The molecule has 138 valence electrons. The molecular formula is C19H23N3O4. The van der Waals surface area contributed by atoms with Gasteiger partial charge in [-0.3, -0.25) is 9.59 Å². The van der Waals surface area contributed by atoms with Gasteiger partial charge in [0, 0.05) is 32.8 Å². The number of benzene rings is 1. The minimum Gasteiger partial charge on any atom is -0.481 e. The van der Waals surface area contributed by atoms with Gasteiger partial charge in [-0.25, -0.2) is 4.68 Å². The molecule has 26 heavy (non-hydrogen) atoms. The Morgan fingerprint density at radius 2 is 2.08 bits per heavy atom. The lowest BCUT2D eigenvalue weighted by molar-refractivity contribution is -0.151. The van der Waals surface area contributed by atoms with E-state index in [0.29, 0.717) is 25.8 Å². The average Bonchev–Trinajstić information content (AvgIpc) is 3.29. The van der Waals surface area contributed by atoms with Crippen LogP contribution < -0.4 is 0 Å². The molecule has 2 heterocycles. The number of carbonyl (C=O) groups excluding carboxylic acids is 1. The summed E-state index contributed by atoms with van der Waals surface area (Å²) in [6.45, 7) is 0.784. The number of para-hydroxylation sites is 1. The zero-order chi connectivity index (χ0) is 18.6. The summed E-state index contributed by atoms with van der Waals surface area (Å²) in [7, 11) is 1.49. The monoisotopic (exact) mass is 357 g/mol. The number of methoxy groups -OCH3 is 1. The van der Waals surface area contributed by atoms with Gasteiger partial charge in [-0.2, -0.15) is 5.10 Å². The Bertz CT molecular complexity index is 774. The minimum absolute atomic E-state index is 0.0308. The van der Waals surface area contributed by atoms with Gasteiger partial charge >= 0.3 is 5.97 Å². The van der Waals surface area contributed by atoms with E-state index in [9.17, 15) is 14.7 Å². The molecule has 1 saturated heterocycles. The second kappa shape index (κ2) is 7.70. The molecule has 1 atom stereocenters. The smallest absolute Gasteiger partial charge is 0.313 e. The van der Waals surface area contributed by atoms with Gasteiger partial charge in [0.15, 0.2) is 0 Å². The second-order valence-electron chi connectivity index (χ2n) is 6.71. The van der Waals surface area contributed by atoms with Crippen LogP contribution in [0.4, 0.5) is 0 Å². The summed E-state index contributed by atoms with van der Waals surface area (Å²) < 4.78 is 6.84. The molecule has 0 radical (unpaired) electrons. The van der Waals surface area contributed by atoms with Crippen molar-refractivity contribution in [3.05, 3.63) is 48.3 Å². The number of hydrogen-bond acceptors (Lipinski definition) is 4. The number of ether oxygens (including phenoxy) is 1. The highest BCUT2D eigenvalue weighted by molar-refractivity contribution is 5.81. The highest BCUT2D eigenvalue weighted by atomic mass is 16.5. The lowest BCUT2D eigenvalue weighted by Gasteiger charge is -2.23. The van der Waals surface area contributed by atoms with E-state index in [2.05, 4.69) is 5.10 Å². The molecule has 1 aliphatic rings. The molecule has 7 heteroatoms. The summed E-state index contributed by atoms with van der Waals surface area (Å²) in [6, 6.07) is 9.77. The maximum atomic E-state index is 12.5. The van der Waals surface area contributed by atoms with Gasteiger partial charge in [0.1, 0.15) is 5.41 Å². The summed E-state index contributed by atoms with van der Waals surface area (Å²) in [5.41, 5.74) is 0.959. The highest BCUT2D eigenvalue weighted by Gasteiger charge is 2.46. The van der Waals surface area contributed by atoms with E-state index < -0.39 is 11.4 Å². The third-order valence-electron chi connectivity index (χ3n) is 4.87. The van der Waals surface area contributed by atoms with Crippen molar-refractivity contribution in [3.8, 4) is 5.69 Å². The normalized spacial score (nSPS) is 19.7. The second-order valence-corrected chi connectivity index (χ2v) is 6.71. The van der Waals surface area contributed by atoms with Gasteiger partial charge < -0.3 is 14.7 Å². The van der Waals surface area contributed by atoms with E-state index in [1.54, 1.807) is 15.8 Å². The Balaban J connectivity index is 1.57. The zero-order valence-corrected chi connectivity index (χ0v) is 14.8. The minimum atomic E-state index is -0.984. The van der Waals surface area contributed by atoms with Crippen LogP contribution in [0.3, 0.4) is 0 Å². The van der Waals surface area contributed by atoms with Crippen molar-refractivity contribution < 1.29 is 19.4 Å². The Kier molecular flexibility index (Phi) is 5.37. The van der Waals surface area contributed by atoms with E-state index in [1.807, 2.05) is 36.5 Å². The third kappa shape index (κ3) is 3.77. The fourth-order valence-electron chi connectivity index (χ4n) is 3.34. The number of aryl methyl sites for hydroxylation is 1. The topological polar surface area (TPSA) is 84.7 Å². The van der Waals surface area contributed by atoms with Crippen LogP contribution >= 0.6 is 0 Å². The largest absolute Gasteiger partial charge is 0.481 e. The van der Waals surface area contributed by atoms with Crippen molar-refractivity contribution in [2.24, 2.45) is 5.41 Å². The quantitative estimate of drug-likeness (QED) is 0.816. The zero-order valence-electron chi connectivity index (χ0n) is 14.8. The summed E-state index contributed by atoms with van der Waals surface area (Å²) >= 11 is 0. The van der Waals surface area contributed by atoms with Crippen LogP contribution in [0.1, 0.15) is 18.4 Å². The molecule has 1 aromatic heterocycles. The highest BCUT2D eigenvalue weighted by Crippen LogP contribution is 2.31. The van der Waals surface area contributed by atoms with Gasteiger partial charge in [-0.15, -0.1) is 0 Å². The Hall–Kier alpha value is -2.67. The van der Waals surface area contributed by atoms with Crippen LogP contribution in [0.2, 0.25) is 0 Å². The number of likely N-dealkylation sites (tertiary alicyclic amines) is 1. The Morgan fingerprint density at radius 1 is 1.31 bits per heavy atom. The number of carboxylic acid groups (broad SMARTS) is 1. The van der Waals surface area contributed by atoms with Gasteiger partial charge in [0.2, 0.25) is 5.91 Å². The number of aromatic nitrogens is 2. The van der Waals surface area contributed by atoms with Crippen molar-refractivity contribution in [1.29, 1.82) is 0 Å². The molecule has 0 bridgehead atoms. The summed E-state index contributed by atoms with van der Waals surface area (Å²) in [5.74, 6) is -0.935. The molecule has 0 spiro atoms. The van der Waals surface area contributed by atoms with E-state index in [0.717, 1.165) is 11.3 Å². The number of nitrogens with zero attached hydrogens (tertiary/aromatic N) is 3. The predicted molar refractivity (Wildman–Crippen MR) is 95.0 cm³/mol. The first kappa shape index (κ1) is 18.1. The first-order valence-corrected chi connectivity index (χ1v) is 8.63. The Labute approximate surface area is 152 Å². The number of amides is 1. The van der Waals surface area contributed by atoms with E-state index in [4.69, 9.17) is 4.74 Å². The SMILES string of the molecule is COCC1(C(=O)O)CCN(C(=O)CCc2cnn(-c3ccccc3)c2)C1. The number of carbonyl (C=O) groups is 2. The summed E-state index contributed by atoms with van der Waals surface area (Å²) in [5, 5.41) is 13.8. The third-order valence-corrected chi connectivity index (χ3v) is 4.87. The fourth-order valence-corrected chi connectivity index (χ4v) is 3.34. The lowest BCUT2D eigenvalue weighted by atomic mass is 9.88. The lowest BCUT2D eigenvalue weighted by Crippen LogP contribution is -2.40. The van der Waals surface area contributed by atoms with Gasteiger partial charge in [-0.1, -0.05) is 18.2 Å². The van der Waals surface area contributed by atoms with Gasteiger partial charge in [-0.05, 0) is 30.5 Å². The van der Waals surface area contributed by atoms with Crippen molar-refractivity contribution in [2.45, 2.75) is 19.3 Å². The van der Waals surface area contributed by atoms with Crippen LogP contribution in [0.25, 0.3) is 5.69 Å². The van der Waals surface area contributed by atoms with Crippen molar-refractivity contribution in [3.63, 3.8) is 0 Å². The van der Waals surface area contributed by atoms with E-state index in [-0.39, 0.29) is 19.1 Å². The number of hydrogen-bond donors (Lipinski definition) is 1. The first-order chi connectivity index (χ1) is 12.5. The molecule has 0 saturated carbocycles. The molecule has 7 nitrogen and oxygen atoms in total. The summed E-state index contributed by atoms with van der Waals surface area (Å²) in [4.78, 5) is 25.7. The predicted octanol–water partition coefficient (Wildman–Crippen LogP) is 1.75. The number of rotatable bonds is 7. The van der Waals surface area contributed by atoms with E-state index in [1.165, 1.54) is 7.11 Å². The Morgan fingerprint density at radius 3 is 2.77 bits per heavy atom. The molecule has 1 aliphatic heterocycles. The number of aliphatic carboxylic acids is 1. The van der Waals surface area contributed by atoms with Crippen LogP contribution in [-0.4, -0.2) is 58.5 Å². The standard InChI is InChI=1S/C19H23N3O4/c1-26-14-19(18(24)25)9-10-21(13-19)17(23)8-7-15-11-20-22(12-15)16-5-3-2-4-6-16/h2-6,11-12H,7-10,13-14H2,1H3,(H,24,25). The molecule has 1 unspecified atom stereocenters. The maximum Gasteiger partial charge on any atom is 0.313 e. The van der Waals surface area contributed by atoms with Gasteiger partial charge in [0.05, 0.1) is 18.5 Å². The van der Waals surface area contributed by atoms with Crippen LogP contribution in [0.5, 0.6) is 0 Å². The first-order valence-electron chi connectivity index (χ1n) is 8.63. The molecule has 0 aliphatic carbocycles. The van der Waals surface area contributed by atoms with Gasteiger partial charge in [0.25, 0.3) is 0 Å². The van der Waals surface area contributed by atoms with Crippen molar-refractivity contribution in [1.82, 2.24) is 14.7 Å². The molecule has 3 rings (SSSR count). The van der Waals surface area contributed by atoms with Crippen LogP contribution in [0.15, 0.2) is 42.7 Å². The maximum absolute atomic E-state index is 12.5. The van der Waals surface area contributed by atoms with E-state index >= 15 is 0 Å². The molecule has 1 amide bonds.